The highest BCUT2D eigenvalue weighted by atomic mass is 19.4. The molecule has 1 saturated carbocycles. The molecule has 6 rings (SSSR count). The van der Waals surface area contributed by atoms with Crippen LogP contribution in [0.25, 0.3) is 28.2 Å². The third-order valence-electron chi connectivity index (χ3n) is 7.81. The summed E-state index contributed by atoms with van der Waals surface area (Å²) in [6.45, 7) is 5.32. The molecule has 0 spiro atoms. The van der Waals surface area contributed by atoms with Crippen molar-refractivity contribution < 1.29 is 32.3 Å². The highest BCUT2D eigenvalue weighted by Crippen LogP contribution is 2.46. The number of ether oxygens (including phenoxy) is 1. The van der Waals surface area contributed by atoms with E-state index in [1.807, 2.05) is 38.1 Å². The Morgan fingerprint density at radius 1 is 1.14 bits per heavy atom. The Morgan fingerprint density at radius 3 is 2.58 bits per heavy atom. The topological polar surface area (TPSA) is 102 Å². The van der Waals surface area contributed by atoms with Gasteiger partial charge in [0, 0.05) is 53.5 Å². The van der Waals surface area contributed by atoms with Gasteiger partial charge in [0.25, 0.3) is 0 Å². The maximum atomic E-state index is 13.7. The predicted octanol–water partition coefficient (Wildman–Crippen LogP) is 7.60. The summed E-state index contributed by atoms with van der Waals surface area (Å²) in [5, 5.41) is 14.3. The van der Waals surface area contributed by atoms with Crippen molar-refractivity contribution in [2.24, 2.45) is 5.92 Å². The molecule has 1 aromatic carbocycles. The summed E-state index contributed by atoms with van der Waals surface area (Å²) in [5.74, 6) is 0.402. The number of halogens is 3. The second kappa shape index (κ2) is 11.3. The summed E-state index contributed by atoms with van der Waals surface area (Å²) in [5.41, 5.74) is 1.19. The van der Waals surface area contributed by atoms with Gasteiger partial charge in [-0.05, 0) is 75.8 Å². The summed E-state index contributed by atoms with van der Waals surface area (Å²) in [4.78, 5) is 21.7. The summed E-state index contributed by atoms with van der Waals surface area (Å²) in [6, 6.07) is 10.1. The van der Waals surface area contributed by atoms with Gasteiger partial charge in [0.2, 0.25) is 0 Å². The number of benzene rings is 1. The molecule has 4 heterocycles. The minimum absolute atomic E-state index is 0.0671. The van der Waals surface area contributed by atoms with E-state index < -0.39 is 17.8 Å². The van der Waals surface area contributed by atoms with Gasteiger partial charge < -0.3 is 19.3 Å². The normalized spacial score (nSPS) is 16.5. The van der Waals surface area contributed by atoms with E-state index in [-0.39, 0.29) is 34.9 Å². The van der Waals surface area contributed by atoms with Gasteiger partial charge in [-0.3, -0.25) is 4.98 Å². The summed E-state index contributed by atoms with van der Waals surface area (Å²) >= 11 is 0. The number of piperidine rings is 1. The number of carboxylic acids is 1. The average Bonchev–Trinajstić information content (AvgIpc) is 3.74. The van der Waals surface area contributed by atoms with Crippen molar-refractivity contribution in [1.29, 1.82) is 0 Å². The Bertz CT molecular complexity index is 1690. The van der Waals surface area contributed by atoms with E-state index in [0.29, 0.717) is 22.6 Å². The zero-order valence-corrected chi connectivity index (χ0v) is 23.8. The van der Waals surface area contributed by atoms with Crippen LogP contribution in [0.4, 0.5) is 18.9 Å². The van der Waals surface area contributed by atoms with Gasteiger partial charge in [-0.1, -0.05) is 17.3 Å². The Balaban J connectivity index is 1.21. The average molecular weight is 593 g/mol. The van der Waals surface area contributed by atoms with Crippen molar-refractivity contribution in [2.45, 2.75) is 57.7 Å². The molecule has 0 radical (unpaired) electrons. The second-order valence-electron chi connectivity index (χ2n) is 11.3. The van der Waals surface area contributed by atoms with E-state index in [4.69, 9.17) is 9.26 Å². The summed E-state index contributed by atoms with van der Waals surface area (Å²) in [7, 11) is 0. The number of carbonyl (C=O) groups is 1. The fourth-order valence-corrected chi connectivity index (χ4v) is 5.55. The van der Waals surface area contributed by atoms with Crippen LogP contribution in [0.15, 0.2) is 53.2 Å². The number of pyridine rings is 2. The number of fused-ring (bicyclic) bond motifs is 1. The Labute approximate surface area is 246 Å². The molecule has 43 heavy (non-hydrogen) atoms. The van der Waals surface area contributed by atoms with Gasteiger partial charge in [0.05, 0.1) is 11.6 Å². The van der Waals surface area contributed by atoms with E-state index in [9.17, 15) is 23.1 Å². The number of rotatable bonds is 8. The molecule has 2 aliphatic rings. The van der Waals surface area contributed by atoms with E-state index in [0.717, 1.165) is 56.0 Å². The smallest absolute Gasteiger partial charge is 0.434 e. The van der Waals surface area contributed by atoms with Crippen LogP contribution < -0.4 is 9.64 Å². The zero-order chi connectivity index (χ0) is 30.3. The van der Waals surface area contributed by atoms with Crippen LogP contribution in [0.1, 0.15) is 73.0 Å². The maximum Gasteiger partial charge on any atom is 0.434 e. The first-order chi connectivity index (χ1) is 20.6. The minimum atomic E-state index is -4.61. The van der Waals surface area contributed by atoms with Crippen LogP contribution >= 0.6 is 0 Å². The van der Waals surface area contributed by atoms with Gasteiger partial charge in [0.1, 0.15) is 17.2 Å². The van der Waals surface area contributed by atoms with Crippen molar-refractivity contribution in [3.05, 3.63) is 71.4 Å². The van der Waals surface area contributed by atoms with Crippen LogP contribution in [0.5, 0.6) is 5.75 Å². The monoisotopic (exact) mass is 592 g/mol. The molecular weight excluding hydrogens is 561 g/mol. The lowest BCUT2D eigenvalue weighted by Gasteiger charge is -2.32. The predicted molar refractivity (Wildman–Crippen MR) is 155 cm³/mol. The first-order valence-electron chi connectivity index (χ1n) is 14.4. The van der Waals surface area contributed by atoms with Crippen LogP contribution in [-0.2, 0) is 6.18 Å². The molecule has 3 aromatic heterocycles. The highest BCUT2D eigenvalue weighted by molar-refractivity contribution is 5.94. The molecule has 1 saturated heterocycles. The lowest BCUT2D eigenvalue weighted by Crippen LogP contribution is -2.33. The SMILES string of the molecule is CC(C)Oc1cc(C(=O)O)nc2ccc(N3CCC(C=Cc4c(-c5cccnc5C(F)(F)F)noc4C4CC4)CC3)cc12. The van der Waals surface area contributed by atoms with Crippen LogP contribution in [0.2, 0.25) is 0 Å². The second-order valence-corrected chi connectivity index (χ2v) is 11.3. The number of carboxylic acid groups (broad SMARTS) is 1. The molecule has 0 bridgehead atoms. The van der Waals surface area contributed by atoms with E-state index in [1.165, 1.54) is 18.2 Å². The van der Waals surface area contributed by atoms with Gasteiger partial charge in [-0.2, -0.15) is 13.2 Å². The van der Waals surface area contributed by atoms with Crippen molar-refractivity contribution >= 4 is 28.6 Å². The number of aromatic nitrogens is 3. The van der Waals surface area contributed by atoms with Gasteiger partial charge >= 0.3 is 12.1 Å². The van der Waals surface area contributed by atoms with E-state index in [1.54, 1.807) is 0 Å². The maximum absolute atomic E-state index is 13.7. The standard InChI is InChI=1S/C32H31F3N4O4/c1-18(2)42-27-17-26(31(40)41)37-25-10-8-21(16-24(25)27)39-14-11-19(12-15-39)5-9-22-28(38-43-29(22)20-6-7-20)23-4-3-13-36-30(23)32(33,34)35/h3-5,8-10,13,16-20H,6-7,11-12,14-15H2,1-2H3,(H,40,41). The minimum Gasteiger partial charge on any atom is -0.490 e. The Hall–Kier alpha value is -4.41. The highest BCUT2D eigenvalue weighted by Gasteiger charge is 2.38. The molecule has 11 heteroatoms. The molecule has 0 amide bonds. The lowest BCUT2D eigenvalue weighted by molar-refractivity contribution is -0.140. The van der Waals surface area contributed by atoms with Crippen molar-refractivity contribution in [3.63, 3.8) is 0 Å². The fraction of sp³-hybridized carbons (Fsp3) is 0.375. The third-order valence-corrected chi connectivity index (χ3v) is 7.81. The molecule has 1 aliphatic heterocycles. The number of hydrogen-bond donors (Lipinski definition) is 1. The molecule has 1 N–H and O–H groups in total. The van der Waals surface area contributed by atoms with Gasteiger partial charge in [-0.15, -0.1) is 0 Å². The third kappa shape index (κ3) is 6.07. The number of aromatic carboxylic acids is 1. The first-order valence-corrected chi connectivity index (χ1v) is 14.4. The molecule has 0 atom stereocenters. The van der Waals surface area contributed by atoms with E-state index in [2.05, 4.69) is 26.1 Å². The van der Waals surface area contributed by atoms with E-state index >= 15 is 0 Å². The number of hydrogen-bond acceptors (Lipinski definition) is 7. The van der Waals surface area contributed by atoms with Crippen molar-refractivity contribution in [2.75, 3.05) is 18.0 Å². The molecule has 0 unspecified atom stereocenters. The Kier molecular flexibility index (Phi) is 7.57. The van der Waals surface area contributed by atoms with Crippen LogP contribution in [0, 0.1) is 5.92 Å². The number of alkyl halides is 3. The molecule has 224 valence electrons. The summed E-state index contributed by atoms with van der Waals surface area (Å²) in [6.07, 6.45) is 3.88. The lowest BCUT2D eigenvalue weighted by atomic mass is 9.94. The molecule has 8 nitrogen and oxygen atoms in total. The number of allylic oxidation sites excluding steroid dienone is 1. The van der Waals surface area contributed by atoms with Gasteiger partial charge in [0.15, 0.2) is 11.4 Å². The number of anilines is 1. The fourth-order valence-electron chi connectivity index (χ4n) is 5.55. The molecule has 4 aromatic rings. The number of nitrogens with zero attached hydrogens (tertiary/aromatic N) is 4. The van der Waals surface area contributed by atoms with Crippen molar-refractivity contribution in [1.82, 2.24) is 15.1 Å². The van der Waals surface area contributed by atoms with Crippen LogP contribution in [-0.4, -0.2) is 45.4 Å². The van der Waals surface area contributed by atoms with Crippen LogP contribution in [0.3, 0.4) is 0 Å². The first kappa shape index (κ1) is 28.7. The zero-order valence-electron chi connectivity index (χ0n) is 23.8. The van der Waals surface area contributed by atoms with Crippen molar-refractivity contribution in [3.8, 4) is 17.0 Å². The quantitative estimate of drug-likeness (QED) is 0.223. The largest absolute Gasteiger partial charge is 0.490 e. The molecule has 1 aliphatic carbocycles. The van der Waals surface area contributed by atoms with Gasteiger partial charge in [-0.25, -0.2) is 9.78 Å². The summed E-state index contributed by atoms with van der Waals surface area (Å²) < 4.78 is 52.7. The Morgan fingerprint density at radius 2 is 1.91 bits per heavy atom. The molecular formula is C32H31F3N4O4. The molecule has 2 fully saturated rings.